The van der Waals surface area contributed by atoms with Crippen LogP contribution in [-0.2, 0) is 0 Å². The van der Waals surface area contributed by atoms with Crippen LogP contribution in [0, 0.1) is 0 Å². The maximum atomic E-state index is 3.65. The summed E-state index contributed by atoms with van der Waals surface area (Å²) in [4.78, 5) is 0. The Labute approximate surface area is 64.0 Å². The second kappa shape index (κ2) is 8.22. The second-order valence-electron chi connectivity index (χ2n) is 2.22. The summed E-state index contributed by atoms with van der Waals surface area (Å²) >= 11 is 0. The molecule has 0 N–H and O–H groups in total. The molecule has 0 spiro atoms. The Bertz CT molecular complexity index is 109. The van der Waals surface area contributed by atoms with Crippen molar-refractivity contribution in [3.8, 4) is 0 Å². The van der Waals surface area contributed by atoms with E-state index in [9.17, 15) is 0 Å². The molecule has 0 saturated heterocycles. The van der Waals surface area contributed by atoms with E-state index in [0.29, 0.717) is 0 Å². The molecular weight excluding hydrogens is 120 g/mol. The van der Waals surface area contributed by atoms with Gasteiger partial charge in [-0.15, -0.1) is 13.2 Å². The van der Waals surface area contributed by atoms with Crippen LogP contribution in [0.25, 0.3) is 0 Å². The second-order valence-corrected chi connectivity index (χ2v) is 2.22. The smallest absolute Gasteiger partial charge is 0.0172 e. The lowest BCUT2D eigenvalue weighted by Crippen LogP contribution is -1.67. The Kier molecular flexibility index (Phi) is 7.58. The molecule has 0 rings (SSSR count). The number of hydrogen-bond donors (Lipinski definition) is 0. The molecule has 0 unspecified atom stereocenters. The summed E-state index contributed by atoms with van der Waals surface area (Å²) in [5.74, 6) is 0. The number of rotatable bonds is 6. The van der Waals surface area contributed by atoms with Gasteiger partial charge in [-0.2, -0.15) is 0 Å². The quantitative estimate of drug-likeness (QED) is 0.387. The summed E-state index contributed by atoms with van der Waals surface area (Å²) in [7, 11) is 0. The van der Waals surface area contributed by atoms with Gasteiger partial charge in [-0.3, -0.25) is 0 Å². The molecule has 56 valence electrons. The fraction of sp³-hybridized carbons (Fsp3) is 0.400. The maximum absolute atomic E-state index is 3.65. The maximum Gasteiger partial charge on any atom is -0.0172 e. The predicted octanol–water partition coefficient (Wildman–Crippen LogP) is 3.48. The largest absolute Gasteiger partial charge is 0.103 e. The normalized spacial score (nSPS) is 10.0. The molecule has 0 heterocycles. The van der Waals surface area contributed by atoms with E-state index in [2.05, 4.69) is 25.3 Å². The van der Waals surface area contributed by atoms with E-state index in [0.717, 1.165) is 12.8 Å². The lowest BCUT2D eigenvalue weighted by molar-refractivity contribution is 0.867. The fourth-order valence-corrected chi connectivity index (χ4v) is 0.690. The molecule has 0 atom stereocenters. The molecule has 0 aromatic carbocycles. The van der Waals surface area contributed by atoms with Crippen LogP contribution >= 0.6 is 0 Å². The van der Waals surface area contributed by atoms with Gasteiger partial charge in [0, 0.05) is 0 Å². The molecule has 0 radical (unpaired) electrons. The minimum Gasteiger partial charge on any atom is -0.103 e. The highest BCUT2D eigenvalue weighted by atomic mass is 13.8. The van der Waals surface area contributed by atoms with Crippen molar-refractivity contribution in [1.82, 2.24) is 0 Å². The van der Waals surface area contributed by atoms with Crippen molar-refractivity contribution < 1.29 is 0 Å². The molecule has 0 amide bonds. The minimum atomic E-state index is 0.994. The Morgan fingerprint density at radius 1 is 0.900 bits per heavy atom. The summed E-state index contributed by atoms with van der Waals surface area (Å²) in [6.45, 7) is 7.28. The van der Waals surface area contributed by atoms with E-state index in [1.165, 1.54) is 12.8 Å². The number of allylic oxidation sites excluding steroid dienone is 4. The zero-order valence-corrected chi connectivity index (χ0v) is 6.55. The minimum absolute atomic E-state index is 0.994. The first-order valence-corrected chi connectivity index (χ1v) is 3.78. The first-order chi connectivity index (χ1) is 4.91. The molecule has 0 nitrogen and oxygen atoms in total. The summed E-state index contributed by atoms with van der Waals surface area (Å²) in [5.41, 5.74) is 0. The molecular formula is C10H16. The van der Waals surface area contributed by atoms with Crippen LogP contribution in [-0.4, -0.2) is 0 Å². The van der Waals surface area contributed by atoms with Crippen LogP contribution in [0.1, 0.15) is 25.7 Å². The first-order valence-electron chi connectivity index (χ1n) is 3.78. The van der Waals surface area contributed by atoms with Crippen molar-refractivity contribution in [1.29, 1.82) is 0 Å². The molecule has 0 heteroatoms. The standard InChI is InChI=1S/C10H16/c1-3-5-7-9-10-8-6-4-2/h3-4,7,9H,1-2,5-6,8,10H2/b9-7-. The average Bonchev–Trinajstić information content (AvgIpc) is 1.97. The lowest BCUT2D eigenvalue weighted by Gasteiger charge is -1.87. The van der Waals surface area contributed by atoms with Crippen molar-refractivity contribution in [2.45, 2.75) is 25.7 Å². The Morgan fingerprint density at radius 2 is 1.70 bits per heavy atom. The van der Waals surface area contributed by atoms with Gasteiger partial charge in [0.25, 0.3) is 0 Å². The lowest BCUT2D eigenvalue weighted by atomic mass is 10.2. The zero-order valence-electron chi connectivity index (χ0n) is 6.55. The summed E-state index contributed by atoms with van der Waals surface area (Å²) in [6.07, 6.45) is 12.7. The molecule has 0 aliphatic carbocycles. The third kappa shape index (κ3) is 7.22. The van der Waals surface area contributed by atoms with Crippen molar-refractivity contribution in [2.24, 2.45) is 0 Å². The van der Waals surface area contributed by atoms with Gasteiger partial charge in [0.15, 0.2) is 0 Å². The zero-order chi connectivity index (χ0) is 7.66. The average molecular weight is 136 g/mol. The van der Waals surface area contributed by atoms with Gasteiger partial charge in [0.1, 0.15) is 0 Å². The summed E-state index contributed by atoms with van der Waals surface area (Å²) in [6, 6.07) is 0. The van der Waals surface area contributed by atoms with Crippen LogP contribution in [0.2, 0.25) is 0 Å². The molecule has 0 aromatic heterocycles. The molecule has 0 saturated carbocycles. The molecule has 10 heavy (non-hydrogen) atoms. The monoisotopic (exact) mass is 136 g/mol. The molecule has 0 bridgehead atoms. The highest BCUT2D eigenvalue weighted by Crippen LogP contribution is 1.97. The van der Waals surface area contributed by atoms with Gasteiger partial charge < -0.3 is 0 Å². The number of hydrogen-bond acceptors (Lipinski definition) is 0. The topological polar surface area (TPSA) is 0 Å². The Hall–Kier alpha value is -0.780. The van der Waals surface area contributed by atoms with E-state index in [4.69, 9.17) is 0 Å². The molecule has 0 fully saturated rings. The van der Waals surface area contributed by atoms with E-state index >= 15 is 0 Å². The van der Waals surface area contributed by atoms with Gasteiger partial charge in [-0.1, -0.05) is 24.3 Å². The molecule has 0 aliphatic rings. The van der Waals surface area contributed by atoms with Gasteiger partial charge in [0.05, 0.1) is 0 Å². The van der Waals surface area contributed by atoms with Gasteiger partial charge in [-0.25, -0.2) is 0 Å². The summed E-state index contributed by atoms with van der Waals surface area (Å²) in [5, 5.41) is 0. The summed E-state index contributed by atoms with van der Waals surface area (Å²) < 4.78 is 0. The van der Waals surface area contributed by atoms with Crippen LogP contribution < -0.4 is 0 Å². The Morgan fingerprint density at radius 3 is 2.30 bits per heavy atom. The van der Waals surface area contributed by atoms with Crippen molar-refractivity contribution >= 4 is 0 Å². The fourth-order valence-electron chi connectivity index (χ4n) is 0.690. The van der Waals surface area contributed by atoms with E-state index in [-0.39, 0.29) is 0 Å². The third-order valence-electron chi connectivity index (χ3n) is 1.25. The van der Waals surface area contributed by atoms with Gasteiger partial charge in [-0.05, 0) is 25.7 Å². The third-order valence-corrected chi connectivity index (χ3v) is 1.25. The highest BCUT2D eigenvalue weighted by molar-refractivity contribution is 4.88. The van der Waals surface area contributed by atoms with Crippen molar-refractivity contribution in [3.63, 3.8) is 0 Å². The van der Waals surface area contributed by atoms with Crippen LogP contribution in [0.5, 0.6) is 0 Å². The highest BCUT2D eigenvalue weighted by Gasteiger charge is 1.77. The van der Waals surface area contributed by atoms with Crippen LogP contribution in [0.15, 0.2) is 37.5 Å². The van der Waals surface area contributed by atoms with E-state index in [1.54, 1.807) is 0 Å². The Balaban J connectivity index is 3.01. The van der Waals surface area contributed by atoms with E-state index < -0.39 is 0 Å². The van der Waals surface area contributed by atoms with Crippen LogP contribution in [0.3, 0.4) is 0 Å². The number of unbranched alkanes of at least 4 members (excludes halogenated alkanes) is 2. The molecule has 0 aromatic rings. The first kappa shape index (κ1) is 9.22. The van der Waals surface area contributed by atoms with Crippen molar-refractivity contribution in [3.05, 3.63) is 37.5 Å². The van der Waals surface area contributed by atoms with Gasteiger partial charge >= 0.3 is 0 Å². The SMILES string of the molecule is C=CC/C=C\CCCC=C. The van der Waals surface area contributed by atoms with Crippen LogP contribution in [0.4, 0.5) is 0 Å². The van der Waals surface area contributed by atoms with Gasteiger partial charge in [0.2, 0.25) is 0 Å². The predicted molar refractivity (Wildman–Crippen MR) is 48.0 cm³/mol. The van der Waals surface area contributed by atoms with E-state index in [1.807, 2.05) is 12.2 Å². The molecule has 0 aliphatic heterocycles. The van der Waals surface area contributed by atoms with Crippen molar-refractivity contribution in [2.75, 3.05) is 0 Å².